The third-order valence-corrected chi connectivity index (χ3v) is 1.44. The summed E-state index contributed by atoms with van der Waals surface area (Å²) in [7, 11) is 1.83. The highest BCUT2D eigenvalue weighted by atomic mass is 16.6. The van der Waals surface area contributed by atoms with Crippen LogP contribution in [0, 0.1) is 0 Å². The summed E-state index contributed by atoms with van der Waals surface area (Å²) in [5, 5.41) is 13.9. The number of carboxylic acid groups (broad SMARTS) is 1. The van der Waals surface area contributed by atoms with Gasteiger partial charge in [-0.3, -0.25) is 10.1 Å². The third-order valence-electron chi connectivity index (χ3n) is 1.44. The molecule has 3 N–H and O–H groups in total. The van der Waals surface area contributed by atoms with Crippen molar-refractivity contribution in [2.45, 2.75) is 12.3 Å². The molecule has 0 radical (unpaired) electrons. The van der Waals surface area contributed by atoms with Gasteiger partial charge in [0.2, 0.25) is 0 Å². The number of carboxylic acids is 1. The lowest BCUT2D eigenvalue weighted by Gasteiger charge is -1.94. The van der Waals surface area contributed by atoms with E-state index in [1.165, 1.54) is 0 Å². The van der Waals surface area contributed by atoms with Crippen LogP contribution >= 0.6 is 0 Å². The first-order valence-corrected chi connectivity index (χ1v) is 3.49. The molecular weight excluding hydrogens is 148 g/mol. The molecule has 0 bridgehead atoms. The molecule has 1 aliphatic rings. The van der Waals surface area contributed by atoms with E-state index in [1.807, 2.05) is 7.05 Å². The first-order chi connectivity index (χ1) is 5.24. The molecule has 5 heteroatoms. The summed E-state index contributed by atoms with van der Waals surface area (Å²) in [6.07, 6.45) is 0.0675. The minimum Gasteiger partial charge on any atom is -0.480 e. The number of hydrogen-bond acceptors (Lipinski definition) is 4. The lowest BCUT2D eigenvalue weighted by atomic mass is 10.4. The number of ether oxygens (including phenoxy) is 1. The van der Waals surface area contributed by atoms with Gasteiger partial charge >= 0.3 is 5.97 Å². The van der Waals surface area contributed by atoms with Gasteiger partial charge in [0.15, 0.2) is 0 Å². The summed E-state index contributed by atoms with van der Waals surface area (Å²) in [5.41, 5.74) is 0. The maximum atomic E-state index is 10.1. The maximum Gasteiger partial charge on any atom is 0.317 e. The van der Waals surface area contributed by atoms with Gasteiger partial charge in [-0.1, -0.05) is 0 Å². The number of epoxide rings is 1. The van der Waals surface area contributed by atoms with Crippen molar-refractivity contribution in [3.05, 3.63) is 0 Å². The van der Waals surface area contributed by atoms with Crippen LogP contribution < -0.4 is 10.6 Å². The molecule has 0 spiro atoms. The van der Waals surface area contributed by atoms with E-state index in [9.17, 15) is 4.79 Å². The highest BCUT2D eigenvalue weighted by Crippen LogP contribution is 2.17. The van der Waals surface area contributed by atoms with Crippen molar-refractivity contribution < 1.29 is 14.6 Å². The fourth-order valence-corrected chi connectivity index (χ4v) is 0.867. The molecule has 0 saturated carbocycles. The SMILES string of the molecule is CNCC1OC1NCC(=O)O. The van der Waals surface area contributed by atoms with Crippen molar-refractivity contribution in [1.82, 2.24) is 10.6 Å². The fraction of sp³-hybridized carbons (Fsp3) is 0.833. The summed E-state index contributed by atoms with van der Waals surface area (Å²) in [6, 6.07) is 0. The average molecular weight is 160 g/mol. The van der Waals surface area contributed by atoms with Crippen molar-refractivity contribution >= 4 is 5.97 Å². The predicted molar refractivity (Wildman–Crippen MR) is 38.2 cm³/mol. The van der Waals surface area contributed by atoms with Gasteiger partial charge in [-0.25, -0.2) is 0 Å². The van der Waals surface area contributed by atoms with Gasteiger partial charge in [0.1, 0.15) is 12.3 Å². The van der Waals surface area contributed by atoms with Gasteiger partial charge in [0.25, 0.3) is 0 Å². The normalized spacial score (nSPS) is 28.5. The lowest BCUT2D eigenvalue weighted by Crippen LogP contribution is -2.29. The Bertz CT molecular complexity index is 151. The van der Waals surface area contributed by atoms with Crippen LogP contribution in [0.3, 0.4) is 0 Å². The Hall–Kier alpha value is -0.650. The molecule has 11 heavy (non-hydrogen) atoms. The van der Waals surface area contributed by atoms with Gasteiger partial charge in [-0.05, 0) is 7.05 Å². The second-order valence-corrected chi connectivity index (χ2v) is 2.43. The first kappa shape index (κ1) is 8.45. The molecule has 2 atom stereocenters. The van der Waals surface area contributed by atoms with Crippen molar-refractivity contribution in [1.29, 1.82) is 0 Å². The third kappa shape index (κ3) is 2.83. The molecule has 0 aromatic carbocycles. The predicted octanol–water partition coefficient (Wildman–Crippen LogP) is -1.40. The van der Waals surface area contributed by atoms with E-state index in [2.05, 4.69) is 10.6 Å². The second kappa shape index (κ2) is 3.66. The molecule has 0 aromatic heterocycles. The molecular formula is C6H12N2O3. The smallest absolute Gasteiger partial charge is 0.317 e. The summed E-state index contributed by atoms with van der Waals surface area (Å²) in [5.74, 6) is -0.858. The molecule has 1 fully saturated rings. The number of carbonyl (C=O) groups is 1. The Morgan fingerprint density at radius 3 is 3.00 bits per heavy atom. The van der Waals surface area contributed by atoms with E-state index in [1.54, 1.807) is 0 Å². The number of aliphatic carboxylic acids is 1. The molecule has 0 aromatic rings. The van der Waals surface area contributed by atoms with Crippen LogP contribution in [0.5, 0.6) is 0 Å². The van der Waals surface area contributed by atoms with Gasteiger partial charge < -0.3 is 15.2 Å². The van der Waals surface area contributed by atoms with Crippen LogP contribution in [0.4, 0.5) is 0 Å². The Balaban J connectivity index is 2.00. The summed E-state index contributed by atoms with van der Waals surface area (Å²) >= 11 is 0. The number of hydrogen-bond donors (Lipinski definition) is 3. The molecule has 1 saturated heterocycles. The van der Waals surface area contributed by atoms with Crippen LogP contribution in [-0.2, 0) is 9.53 Å². The Kier molecular flexibility index (Phi) is 2.81. The van der Waals surface area contributed by atoms with E-state index < -0.39 is 5.97 Å². The lowest BCUT2D eigenvalue weighted by molar-refractivity contribution is -0.136. The minimum atomic E-state index is -0.858. The highest BCUT2D eigenvalue weighted by molar-refractivity contribution is 5.69. The molecule has 5 nitrogen and oxygen atoms in total. The molecule has 1 aliphatic heterocycles. The topological polar surface area (TPSA) is 73.9 Å². The Morgan fingerprint density at radius 2 is 2.45 bits per heavy atom. The van der Waals surface area contributed by atoms with Gasteiger partial charge in [0, 0.05) is 6.54 Å². The second-order valence-electron chi connectivity index (χ2n) is 2.43. The minimum absolute atomic E-state index is 0.0368. The van der Waals surface area contributed by atoms with E-state index in [0.717, 1.165) is 6.54 Å². The Morgan fingerprint density at radius 1 is 1.73 bits per heavy atom. The molecule has 2 unspecified atom stereocenters. The van der Waals surface area contributed by atoms with E-state index >= 15 is 0 Å². The van der Waals surface area contributed by atoms with Crippen LogP contribution in [0.25, 0.3) is 0 Å². The van der Waals surface area contributed by atoms with Gasteiger partial charge in [-0.15, -0.1) is 0 Å². The molecule has 0 aliphatic carbocycles. The first-order valence-electron chi connectivity index (χ1n) is 3.49. The van der Waals surface area contributed by atoms with Crippen LogP contribution in [-0.4, -0.2) is 43.5 Å². The summed E-state index contributed by atoms with van der Waals surface area (Å²) < 4.78 is 5.07. The van der Waals surface area contributed by atoms with Gasteiger partial charge in [0.05, 0.1) is 6.54 Å². The van der Waals surface area contributed by atoms with E-state index in [4.69, 9.17) is 9.84 Å². The quantitative estimate of drug-likeness (QED) is 0.431. The van der Waals surface area contributed by atoms with Crippen LogP contribution in [0.2, 0.25) is 0 Å². The van der Waals surface area contributed by atoms with Crippen LogP contribution in [0.1, 0.15) is 0 Å². The largest absolute Gasteiger partial charge is 0.480 e. The monoisotopic (exact) mass is 160 g/mol. The molecule has 1 heterocycles. The molecule has 0 amide bonds. The number of rotatable bonds is 5. The molecule has 1 rings (SSSR count). The van der Waals surface area contributed by atoms with Gasteiger partial charge in [-0.2, -0.15) is 0 Å². The fourth-order valence-electron chi connectivity index (χ4n) is 0.867. The average Bonchev–Trinajstić information content (AvgIpc) is 2.64. The zero-order valence-corrected chi connectivity index (χ0v) is 6.33. The molecule has 64 valence electrons. The van der Waals surface area contributed by atoms with Crippen molar-refractivity contribution in [2.24, 2.45) is 0 Å². The van der Waals surface area contributed by atoms with E-state index in [-0.39, 0.29) is 18.9 Å². The van der Waals surface area contributed by atoms with Crippen molar-refractivity contribution in [2.75, 3.05) is 20.1 Å². The maximum absolute atomic E-state index is 10.1. The van der Waals surface area contributed by atoms with Crippen molar-refractivity contribution in [3.8, 4) is 0 Å². The van der Waals surface area contributed by atoms with Crippen molar-refractivity contribution in [3.63, 3.8) is 0 Å². The summed E-state index contributed by atoms with van der Waals surface area (Å²) in [4.78, 5) is 10.1. The Labute approximate surface area is 64.7 Å². The highest BCUT2D eigenvalue weighted by Gasteiger charge is 2.37. The van der Waals surface area contributed by atoms with E-state index in [0.29, 0.717) is 0 Å². The summed E-state index contributed by atoms with van der Waals surface area (Å²) in [6.45, 7) is 0.724. The number of nitrogens with one attached hydrogen (secondary N) is 2. The zero-order chi connectivity index (χ0) is 8.27. The van der Waals surface area contributed by atoms with Crippen LogP contribution in [0.15, 0.2) is 0 Å². The number of likely N-dealkylation sites (N-methyl/N-ethyl adjacent to an activating group) is 1. The zero-order valence-electron chi connectivity index (χ0n) is 6.33. The standard InChI is InChI=1S/C6H12N2O3/c1-7-2-4-6(11-4)8-3-5(9)10/h4,6-8H,2-3H2,1H3,(H,9,10).